The van der Waals surface area contributed by atoms with Crippen LogP contribution in [0.4, 0.5) is 0 Å². The van der Waals surface area contributed by atoms with Gasteiger partial charge in [-0.15, -0.1) is 0 Å². The van der Waals surface area contributed by atoms with Gasteiger partial charge in [0.1, 0.15) is 0 Å². The van der Waals surface area contributed by atoms with Crippen molar-refractivity contribution in [1.29, 1.82) is 0 Å². The number of carbonyl (C=O) groups excluding carboxylic acids is 2. The van der Waals surface area contributed by atoms with Crippen molar-refractivity contribution in [3.63, 3.8) is 0 Å². The highest BCUT2D eigenvalue weighted by molar-refractivity contribution is 5.91. The number of carboxylic acid groups (broad SMARTS) is 1. The summed E-state index contributed by atoms with van der Waals surface area (Å²) in [5.74, 6) is -2.28. The average molecular weight is 261 g/mol. The number of aliphatic hydroxyl groups is 2. The second-order valence-corrected chi connectivity index (χ2v) is 5.98. The molecular formula is C12H23NO5. The molecule has 0 aliphatic carbocycles. The smallest absolute Gasteiger partial charge is 0.227 e. The second-order valence-electron chi connectivity index (χ2n) is 5.98. The lowest BCUT2D eigenvalue weighted by Gasteiger charge is -2.40. The minimum Gasteiger partial charge on any atom is -0.550 e. The van der Waals surface area contributed by atoms with E-state index in [2.05, 4.69) is 0 Å². The van der Waals surface area contributed by atoms with Crippen molar-refractivity contribution in [2.45, 2.75) is 38.5 Å². The first-order chi connectivity index (χ1) is 7.91. The molecule has 0 aromatic heterocycles. The predicted molar refractivity (Wildman–Crippen MR) is 63.1 cm³/mol. The summed E-state index contributed by atoms with van der Waals surface area (Å²) in [7, 11) is 4.69. The molecule has 0 aliphatic rings. The van der Waals surface area contributed by atoms with Gasteiger partial charge in [-0.2, -0.15) is 0 Å². The topological polar surface area (TPSA) is 97.7 Å². The average Bonchev–Trinajstić information content (AvgIpc) is 2.12. The maximum absolute atomic E-state index is 12.0. The van der Waals surface area contributed by atoms with Gasteiger partial charge < -0.3 is 24.6 Å². The fraction of sp³-hybridized carbons (Fsp3) is 0.833. The van der Waals surface area contributed by atoms with Gasteiger partial charge in [-0.25, -0.2) is 0 Å². The number of nitrogens with zero attached hydrogens (tertiary/aromatic N) is 1. The van der Waals surface area contributed by atoms with Crippen LogP contribution in [0.3, 0.4) is 0 Å². The van der Waals surface area contributed by atoms with Gasteiger partial charge in [0, 0.05) is 18.8 Å². The monoisotopic (exact) mass is 261 g/mol. The van der Waals surface area contributed by atoms with Crippen molar-refractivity contribution in [3.05, 3.63) is 0 Å². The number of Topliss-reactive ketones (excluding diaryl/α,β-unsaturated/α-hetero) is 1. The maximum atomic E-state index is 12.0. The number of hydrogen-bond donors (Lipinski definition) is 2. The molecule has 0 aromatic rings. The third kappa shape index (κ3) is 4.36. The zero-order valence-electron chi connectivity index (χ0n) is 11.6. The molecule has 0 rings (SSSR count). The van der Waals surface area contributed by atoms with E-state index in [1.807, 2.05) is 0 Å². The molecule has 0 heterocycles. The summed E-state index contributed by atoms with van der Waals surface area (Å²) in [6.45, 7) is 3.55. The molecule has 6 nitrogen and oxygen atoms in total. The number of carboxylic acids is 1. The second kappa shape index (κ2) is 5.77. The molecule has 0 saturated carbocycles. The van der Waals surface area contributed by atoms with E-state index in [-0.39, 0.29) is 16.8 Å². The molecule has 0 radical (unpaired) electrons. The summed E-state index contributed by atoms with van der Waals surface area (Å²) in [4.78, 5) is 22.7. The van der Waals surface area contributed by atoms with Crippen LogP contribution >= 0.6 is 0 Å². The minimum absolute atomic E-state index is 0.000833. The van der Waals surface area contributed by atoms with Gasteiger partial charge in [0.05, 0.1) is 21.1 Å². The molecule has 0 aliphatic heterocycles. The van der Waals surface area contributed by atoms with Crippen LogP contribution in [0.15, 0.2) is 0 Å². The Kier molecular flexibility index (Phi) is 5.46. The van der Waals surface area contributed by atoms with Crippen molar-refractivity contribution >= 4 is 11.8 Å². The van der Waals surface area contributed by atoms with Crippen LogP contribution in [0.25, 0.3) is 0 Å². The van der Waals surface area contributed by atoms with E-state index >= 15 is 0 Å². The lowest BCUT2D eigenvalue weighted by Crippen LogP contribution is -2.64. The van der Waals surface area contributed by atoms with E-state index in [0.717, 1.165) is 0 Å². The number of ketones is 1. The van der Waals surface area contributed by atoms with Crippen molar-refractivity contribution in [3.8, 4) is 0 Å². The fourth-order valence-electron chi connectivity index (χ4n) is 1.74. The van der Waals surface area contributed by atoms with Gasteiger partial charge in [0.2, 0.25) is 11.8 Å². The Morgan fingerprint density at radius 1 is 1.28 bits per heavy atom. The zero-order valence-corrected chi connectivity index (χ0v) is 11.6. The summed E-state index contributed by atoms with van der Waals surface area (Å²) in [6, 6.07) is 0. The Morgan fingerprint density at radius 3 is 2.00 bits per heavy atom. The molecule has 2 N–H and O–H groups in total. The molecular weight excluding hydrogens is 238 g/mol. The van der Waals surface area contributed by atoms with Gasteiger partial charge in [-0.3, -0.25) is 4.79 Å². The molecule has 6 heteroatoms. The first-order valence-electron chi connectivity index (χ1n) is 5.86. The summed E-state index contributed by atoms with van der Waals surface area (Å²) < 4.78 is -0.145. The molecule has 0 aromatic carbocycles. The molecule has 0 fully saturated rings. The van der Waals surface area contributed by atoms with E-state index in [1.54, 1.807) is 35.0 Å². The number of rotatable bonds is 7. The largest absolute Gasteiger partial charge is 0.550 e. The van der Waals surface area contributed by atoms with Crippen molar-refractivity contribution in [1.82, 2.24) is 0 Å². The number of aliphatic carboxylic acids is 1. The standard InChI is InChI=1S/C12H23NO5/c1-8(2)6-9(14)12(18,7-10(15)16)11(17)13(3,4)5/h8,11,17-18H,6-7H2,1-5H3. The van der Waals surface area contributed by atoms with Crippen LogP contribution < -0.4 is 5.11 Å². The van der Waals surface area contributed by atoms with Crippen molar-refractivity contribution in [2.24, 2.45) is 5.92 Å². The van der Waals surface area contributed by atoms with E-state index in [0.29, 0.717) is 0 Å². The van der Waals surface area contributed by atoms with Crippen LogP contribution in [-0.2, 0) is 9.59 Å². The molecule has 0 saturated heterocycles. The molecule has 2 atom stereocenters. The normalized spacial score (nSPS) is 17.3. The van der Waals surface area contributed by atoms with Crippen molar-refractivity contribution in [2.75, 3.05) is 21.1 Å². The van der Waals surface area contributed by atoms with Crippen LogP contribution in [0.1, 0.15) is 26.7 Å². The number of hydrogen-bond acceptors (Lipinski definition) is 5. The van der Waals surface area contributed by atoms with Crippen LogP contribution in [0, 0.1) is 5.92 Å². The van der Waals surface area contributed by atoms with Gasteiger partial charge in [0.15, 0.2) is 5.78 Å². The van der Waals surface area contributed by atoms with Gasteiger partial charge in [0.25, 0.3) is 0 Å². The van der Waals surface area contributed by atoms with Gasteiger partial charge >= 0.3 is 0 Å². The predicted octanol–water partition coefficient (Wildman–Crippen LogP) is -1.50. The Bertz CT molecular complexity index is 321. The summed E-state index contributed by atoms with van der Waals surface area (Å²) in [5, 5.41) is 31.0. The van der Waals surface area contributed by atoms with E-state index < -0.39 is 30.0 Å². The third-order valence-electron chi connectivity index (χ3n) is 2.65. The van der Waals surface area contributed by atoms with Crippen LogP contribution in [0.2, 0.25) is 0 Å². The van der Waals surface area contributed by atoms with Crippen LogP contribution in [-0.4, -0.2) is 59.4 Å². The zero-order chi connectivity index (χ0) is 14.7. The van der Waals surface area contributed by atoms with Crippen molar-refractivity contribution < 1.29 is 29.4 Å². The van der Waals surface area contributed by atoms with E-state index in [4.69, 9.17) is 0 Å². The Labute approximate surface area is 107 Å². The third-order valence-corrected chi connectivity index (χ3v) is 2.65. The van der Waals surface area contributed by atoms with E-state index in [1.165, 1.54) is 0 Å². The van der Waals surface area contributed by atoms with E-state index in [9.17, 15) is 24.9 Å². The fourth-order valence-corrected chi connectivity index (χ4v) is 1.74. The molecule has 0 bridgehead atoms. The highest BCUT2D eigenvalue weighted by Crippen LogP contribution is 2.24. The lowest BCUT2D eigenvalue weighted by atomic mass is 9.86. The number of carbonyl (C=O) groups is 2. The number of quaternary nitrogens is 1. The van der Waals surface area contributed by atoms with Gasteiger partial charge in [-0.05, 0) is 5.92 Å². The molecule has 106 valence electrons. The number of likely N-dealkylation sites (N-methyl/N-ethyl adjacent to an activating group) is 1. The molecule has 18 heavy (non-hydrogen) atoms. The molecule has 0 amide bonds. The maximum Gasteiger partial charge on any atom is 0.227 e. The number of aliphatic hydroxyl groups excluding tert-OH is 1. The van der Waals surface area contributed by atoms with Crippen LogP contribution in [0.5, 0.6) is 0 Å². The summed E-state index contributed by atoms with van der Waals surface area (Å²) >= 11 is 0. The molecule has 2 unspecified atom stereocenters. The molecule has 0 spiro atoms. The summed E-state index contributed by atoms with van der Waals surface area (Å²) in [5.41, 5.74) is -2.32. The minimum atomic E-state index is -2.32. The first kappa shape index (κ1) is 17.0. The highest BCUT2D eigenvalue weighted by Gasteiger charge is 2.49. The van der Waals surface area contributed by atoms with Gasteiger partial charge in [-0.1, -0.05) is 13.8 Å². The Balaban J connectivity index is 5.30. The first-order valence-corrected chi connectivity index (χ1v) is 5.86. The Hall–Kier alpha value is -0.980. The highest BCUT2D eigenvalue weighted by atomic mass is 16.4. The quantitative estimate of drug-likeness (QED) is 0.429. The lowest BCUT2D eigenvalue weighted by molar-refractivity contribution is -0.925. The Morgan fingerprint density at radius 2 is 1.72 bits per heavy atom. The SMILES string of the molecule is CC(C)CC(=O)C(O)(CC(=O)[O-])C(O)[N+](C)(C)C. The summed E-state index contributed by atoms with van der Waals surface area (Å²) in [6.07, 6.45) is -2.43.